The fourth-order valence-electron chi connectivity index (χ4n) is 0.354. The molecule has 0 rings (SSSR count). The molecular weight excluding hydrogens is 132 g/mol. The first-order valence-corrected chi connectivity index (χ1v) is 6.23. The first-order valence-electron chi connectivity index (χ1n) is 2.85. The second-order valence-electron chi connectivity index (χ2n) is 2.05. The first-order chi connectivity index (χ1) is 3.27. The number of rotatable bonds is 3. The summed E-state index contributed by atoms with van der Waals surface area (Å²) < 4.78 is 5.37. The Bertz CT molecular complexity index is 39.4. The Morgan fingerprint density at radius 1 is 1.38 bits per heavy atom. The van der Waals surface area contributed by atoms with E-state index in [0.29, 0.717) is 0 Å². The normalized spacial score (nSPS) is 12.0. The molecule has 0 saturated carbocycles. The zero-order valence-electron chi connectivity index (χ0n) is 5.40. The minimum absolute atomic E-state index is 0. The summed E-state index contributed by atoms with van der Waals surface area (Å²) >= 11 is 0. The van der Waals surface area contributed by atoms with Crippen LogP contribution in [0.1, 0.15) is 21.3 Å². The van der Waals surface area contributed by atoms with Crippen molar-refractivity contribution in [3.8, 4) is 0 Å². The largest absolute Gasteiger partial charge is 0.465 e. The molecule has 52 valence electrons. The van der Waals surface area contributed by atoms with Gasteiger partial charge in [-0.3, -0.25) is 0 Å². The van der Waals surface area contributed by atoms with Gasteiger partial charge in [-0.1, -0.05) is 27.8 Å². The zero-order chi connectivity index (χ0) is 5.70. The molecule has 0 aliphatic heterocycles. The lowest BCUT2D eigenvalue weighted by molar-refractivity contribution is 0.628. The SMILES string of the molecule is C.C[SiH2]O[SiH2]C(C)C. The summed E-state index contributed by atoms with van der Waals surface area (Å²) in [7, 11) is -0.159. The van der Waals surface area contributed by atoms with Crippen LogP contribution in [0.4, 0.5) is 0 Å². The van der Waals surface area contributed by atoms with Gasteiger partial charge in [0.15, 0.2) is 0 Å². The van der Waals surface area contributed by atoms with E-state index in [1.165, 1.54) is 0 Å². The van der Waals surface area contributed by atoms with E-state index in [9.17, 15) is 0 Å². The van der Waals surface area contributed by atoms with Crippen LogP contribution in [0.2, 0.25) is 12.1 Å². The summed E-state index contributed by atoms with van der Waals surface area (Å²) in [5.41, 5.74) is 0.854. The van der Waals surface area contributed by atoms with Crippen molar-refractivity contribution in [2.24, 2.45) is 0 Å². The minimum Gasteiger partial charge on any atom is -0.465 e. The van der Waals surface area contributed by atoms with Crippen LogP contribution in [0.15, 0.2) is 0 Å². The summed E-state index contributed by atoms with van der Waals surface area (Å²) in [6.07, 6.45) is 0. The molecule has 0 aliphatic rings. The lowest BCUT2D eigenvalue weighted by atomic mass is 10.6. The zero-order valence-corrected chi connectivity index (χ0v) is 8.23. The van der Waals surface area contributed by atoms with Crippen molar-refractivity contribution in [1.29, 1.82) is 0 Å². The van der Waals surface area contributed by atoms with Gasteiger partial charge in [0.1, 0.15) is 19.5 Å². The molecule has 0 aromatic heterocycles. The topological polar surface area (TPSA) is 9.23 Å². The van der Waals surface area contributed by atoms with Crippen LogP contribution >= 0.6 is 0 Å². The van der Waals surface area contributed by atoms with Crippen molar-refractivity contribution < 1.29 is 4.12 Å². The molecule has 0 unspecified atom stereocenters. The van der Waals surface area contributed by atoms with Crippen LogP contribution in [-0.4, -0.2) is 19.5 Å². The van der Waals surface area contributed by atoms with E-state index in [4.69, 9.17) is 4.12 Å². The van der Waals surface area contributed by atoms with Crippen LogP contribution in [0.5, 0.6) is 0 Å². The average Bonchev–Trinajstić information content (AvgIpc) is 1.61. The van der Waals surface area contributed by atoms with E-state index >= 15 is 0 Å². The van der Waals surface area contributed by atoms with E-state index in [1.807, 2.05) is 0 Å². The van der Waals surface area contributed by atoms with Gasteiger partial charge in [-0.05, 0) is 5.54 Å². The fourth-order valence-corrected chi connectivity index (χ4v) is 3.18. The predicted octanol–water partition coefficient (Wildman–Crippen LogP) is 0.683. The highest BCUT2D eigenvalue weighted by Crippen LogP contribution is 1.94. The molecule has 0 bridgehead atoms. The third kappa shape index (κ3) is 9.64. The third-order valence-corrected chi connectivity index (χ3v) is 3.90. The third-order valence-electron chi connectivity index (χ3n) is 0.655. The molecule has 0 amide bonds. The number of hydrogen-bond donors (Lipinski definition) is 0. The van der Waals surface area contributed by atoms with Crippen LogP contribution in [0.25, 0.3) is 0 Å². The minimum atomic E-state index is -0.0922. The van der Waals surface area contributed by atoms with Gasteiger partial charge in [0.25, 0.3) is 0 Å². The van der Waals surface area contributed by atoms with Crippen molar-refractivity contribution in [1.82, 2.24) is 0 Å². The Morgan fingerprint density at radius 3 is 2.00 bits per heavy atom. The van der Waals surface area contributed by atoms with Gasteiger partial charge in [0.05, 0.1) is 0 Å². The molecule has 0 aromatic rings. The Balaban J connectivity index is 0. The van der Waals surface area contributed by atoms with Gasteiger partial charge in [0, 0.05) is 0 Å². The maximum absolute atomic E-state index is 5.37. The molecule has 0 aliphatic carbocycles. The Morgan fingerprint density at radius 2 is 1.88 bits per heavy atom. The van der Waals surface area contributed by atoms with Crippen LogP contribution < -0.4 is 0 Å². The summed E-state index contributed by atoms with van der Waals surface area (Å²) in [6, 6.07) is 0. The molecule has 0 radical (unpaired) electrons. The Kier molecular flexibility index (Phi) is 10.4. The first kappa shape index (κ1) is 11.2. The second kappa shape index (κ2) is 7.39. The van der Waals surface area contributed by atoms with E-state index in [1.54, 1.807) is 0 Å². The lowest BCUT2D eigenvalue weighted by Crippen LogP contribution is -2.03. The van der Waals surface area contributed by atoms with Crippen LogP contribution in [-0.2, 0) is 4.12 Å². The molecular formula is C5H18OSi2. The van der Waals surface area contributed by atoms with E-state index in [0.717, 1.165) is 5.54 Å². The molecule has 0 saturated heterocycles. The van der Waals surface area contributed by atoms with Crippen LogP contribution in [0.3, 0.4) is 0 Å². The molecule has 3 heteroatoms. The van der Waals surface area contributed by atoms with Gasteiger partial charge in [-0.15, -0.1) is 0 Å². The van der Waals surface area contributed by atoms with Crippen molar-refractivity contribution in [3.05, 3.63) is 0 Å². The Hall–Kier alpha value is 0.394. The van der Waals surface area contributed by atoms with Gasteiger partial charge in [-0.2, -0.15) is 0 Å². The summed E-state index contributed by atoms with van der Waals surface area (Å²) in [4.78, 5) is 0. The van der Waals surface area contributed by atoms with E-state index in [2.05, 4.69) is 20.4 Å². The molecule has 0 fully saturated rings. The van der Waals surface area contributed by atoms with E-state index in [-0.39, 0.29) is 27.0 Å². The molecule has 1 nitrogen and oxygen atoms in total. The monoisotopic (exact) mass is 150 g/mol. The molecule has 0 heterocycles. The highest BCUT2D eigenvalue weighted by atomic mass is 28.3. The maximum Gasteiger partial charge on any atom is 0.148 e. The second-order valence-corrected chi connectivity index (χ2v) is 6.23. The standard InChI is InChI=1S/C4H14OSi2.CH4/c1-4(2)7-5-6-3;/h4H,6-7H2,1-3H3;1H4. The van der Waals surface area contributed by atoms with Crippen molar-refractivity contribution >= 4 is 19.5 Å². The maximum atomic E-state index is 5.37. The lowest BCUT2D eigenvalue weighted by Gasteiger charge is -2.00. The molecule has 0 N–H and O–H groups in total. The van der Waals surface area contributed by atoms with Gasteiger partial charge < -0.3 is 4.12 Å². The summed E-state index contributed by atoms with van der Waals surface area (Å²) in [6.45, 7) is 6.65. The average molecular weight is 150 g/mol. The van der Waals surface area contributed by atoms with Gasteiger partial charge in [-0.25, -0.2) is 0 Å². The molecule has 8 heavy (non-hydrogen) atoms. The highest BCUT2D eigenvalue weighted by molar-refractivity contribution is 6.42. The number of hydrogen-bond acceptors (Lipinski definition) is 1. The fraction of sp³-hybridized carbons (Fsp3) is 1.00. The molecule has 0 atom stereocenters. The molecule has 0 aromatic carbocycles. The van der Waals surface area contributed by atoms with Crippen molar-refractivity contribution in [2.45, 2.75) is 33.4 Å². The smallest absolute Gasteiger partial charge is 0.148 e. The summed E-state index contributed by atoms with van der Waals surface area (Å²) in [5, 5.41) is 0. The van der Waals surface area contributed by atoms with Gasteiger partial charge in [0.2, 0.25) is 0 Å². The van der Waals surface area contributed by atoms with E-state index < -0.39 is 0 Å². The summed E-state index contributed by atoms with van der Waals surface area (Å²) in [5.74, 6) is 0. The molecule has 0 spiro atoms. The van der Waals surface area contributed by atoms with Crippen molar-refractivity contribution in [3.63, 3.8) is 0 Å². The van der Waals surface area contributed by atoms with Crippen molar-refractivity contribution in [2.75, 3.05) is 0 Å². The van der Waals surface area contributed by atoms with Crippen LogP contribution in [0, 0.1) is 0 Å². The quantitative estimate of drug-likeness (QED) is 0.538. The Labute approximate surface area is 57.7 Å². The highest BCUT2D eigenvalue weighted by Gasteiger charge is 1.90. The van der Waals surface area contributed by atoms with Gasteiger partial charge >= 0.3 is 0 Å². The predicted molar refractivity (Wildman–Crippen MR) is 45.9 cm³/mol.